The second-order valence-electron chi connectivity index (χ2n) is 5.65. The molecule has 0 radical (unpaired) electrons. The van der Waals surface area contributed by atoms with E-state index >= 15 is 0 Å². The predicted molar refractivity (Wildman–Crippen MR) is 93.8 cm³/mol. The third-order valence-corrected chi connectivity index (χ3v) is 7.61. The standard InChI is InChI=1S/C19H23OP/c1-6-13-21(20,18-11-7-9-14(2)16(18)4)19-12-8-10-15(3)17(19)5/h6-12H,1,13H2,2-5H3. The Morgan fingerprint density at radius 2 is 1.33 bits per heavy atom. The van der Waals surface area contributed by atoms with Crippen molar-refractivity contribution in [3.63, 3.8) is 0 Å². The van der Waals surface area contributed by atoms with Crippen molar-refractivity contribution in [3.8, 4) is 0 Å². The zero-order chi connectivity index (χ0) is 15.6. The number of benzene rings is 2. The number of aryl methyl sites for hydroxylation is 2. The fraction of sp³-hybridized carbons (Fsp3) is 0.263. The molecular weight excluding hydrogens is 275 g/mol. The molecule has 0 amide bonds. The van der Waals surface area contributed by atoms with E-state index in [2.05, 4.69) is 46.4 Å². The Kier molecular flexibility index (Phi) is 4.54. The molecule has 1 nitrogen and oxygen atoms in total. The van der Waals surface area contributed by atoms with Gasteiger partial charge < -0.3 is 4.57 Å². The van der Waals surface area contributed by atoms with Gasteiger partial charge in [0.15, 0.2) is 0 Å². The summed E-state index contributed by atoms with van der Waals surface area (Å²) in [5.74, 6) is 0. The summed E-state index contributed by atoms with van der Waals surface area (Å²) in [4.78, 5) is 0. The van der Waals surface area contributed by atoms with Crippen molar-refractivity contribution < 1.29 is 4.57 Å². The summed E-state index contributed by atoms with van der Waals surface area (Å²) in [5, 5.41) is 1.94. The van der Waals surface area contributed by atoms with Crippen molar-refractivity contribution in [2.75, 3.05) is 6.16 Å². The lowest BCUT2D eigenvalue weighted by atomic mass is 10.1. The molecule has 0 aromatic heterocycles. The minimum absolute atomic E-state index is 0.502. The van der Waals surface area contributed by atoms with Crippen LogP contribution in [0.15, 0.2) is 49.1 Å². The Labute approximate surface area is 128 Å². The SMILES string of the molecule is C=CCP(=O)(c1cccc(C)c1C)c1cccc(C)c1C. The third kappa shape index (κ3) is 2.76. The van der Waals surface area contributed by atoms with Crippen LogP contribution in [0.25, 0.3) is 0 Å². The Morgan fingerprint density at radius 3 is 1.71 bits per heavy atom. The van der Waals surface area contributed by atoms with Crippen molar-refractivity contribution >= 4 is 17.8 Å². The van der Waals surface area contributed by atoms with Gasteiger partial charge in [0.25, 0.3) is 0 Å². The van der Waals surface area contributed by atoms with Crippen LogP contribution in [-0.4, -0.2) is 6.16 Å². The highest BCUT2D eigenvalue weighted by Crippen LogP contribution is 2.45. The quantitative estimate of drug-likeness (QED) is 0.603. The Bertz CT molecular complexity index is 673. The largest absolute Gasteiger partial charge is 0.313 e. The molecule has 2 aromatic rings. The van der Waals surface area contributed by atoms with Crippen LogP contribution >= 0.6 is 7.14 Å². The molecule has 0 spiro atoms. The van der Waals surface area contributed by atoms with Crippen LogP contribution in [0, 0.1) is 27.7 Å². The molecule has 0 bridgehead atoms. The highest BCUT2D eigenvalue weighted by molar-refractivity contribution is 7.79. The van der Waals surface area contributed by atoms with Crippen LogP contribution in [-0.2, 0) is 4.57 Å². The summed E-state index contributed by atoms with van der Waals surface area (Å²) in [6.07, 6.45) is 2.28. The van der Waals surface area contributed by atoms with E-state index in [0.717, 1.165) is 21.7 Å². The van der Waals surface area contributed by atoms with Gasteiger partial charge in [-0.25, -0.2) is 0 Å². The molecule has 110 valence electrons. The fourth-order valence-electron chi connectivity index (χ4n) is 2.76. The van der Waals surface area contributed by atoms with Crippen molar-refractivity contribution in [1.82, 2.24) is 0 Å². The van der Waals surface area contributed by atoms with Crippen LogP contribution in [0.2, 0.25) is 0 Å². The van der Waals surface area contributed by atoms with E-state index in [1.165, 1.54) is 11.1 Å². The lowest BCUT2D eigenvalue weighted by Gasteiger charge is -2.23. The average molecular weight is 298 g/mol. The molecular formula is C19H23OP. The molecule has 21 heavy (non-hydrogen) atoms. The van der Waals surface area contributed by atoms with Crippen LogP contribution in [0.5, 0.6) is 0 Å². The van der Waals surface area contributed by atoms with E-state index in [-0.39, 0.29) is 0 Å². The van der Waals surface area contributed by atoms with Crippen LogP contribution in [0.4, 0.5) is 0 Å². The Hall–Kier alpha value is -1.59. The van der Waals surface area contributed by atoms with Gasteiger partial charge >= 0.3 is 0 Å². The molecule has 0 N–H and O–H groups in total. The van der Waals surface area contributed by atoms with E-state index in [9.17, 15) is 4.57 Å². The molecule has 0 unspecified atom stereocenters. The van der Waals surface area contributed by atoms with Gasteiger partial charge in [0.1, 0.15) is 7.14 Å². The highest BCUT2D eigenvalue weighted by atomic mass is 31.2. The van der Waals surface area contributed by atoms with Gasteiger partial charge in [0.05, 0.1) is 0 Å². The molecule has 0 fully saturated rings. The Balaban J connectivity index is 2.77. The molecule has 0 aliphatic rings. The first kappa shape index (κ1) is 15.8. The van der Waals surface area contributed by atoms with E-state index in [4.69, 9.17) is 0 Å². The van der Waals surface area contributed by atoms with Gasteiger partial charge in [0, 0.05) is 16.8 Å². The summed E-state index contributed by atoms with van der Waals surface area (Å²) < 4.78 is 13.9. The molecule has 2 rings (SSSR count). The summed E-state index contributed by atoms with van der Waals surface area (Å²) in [7, 11) is -2.67. The summed E-state index contributed by atoms with van der Waals surface area (Å²) in [6.45, 7) is 12.1. The van der Waals surface area contributed by atoms with Gasteiger partial charge in [0.2, 0.25) is 0 Å². The number of hydrogen-bond donors (Lipinski definition) is 0. The summed E-state index contributed by atoms with van der Waals surface area (Å²) in [5.41, 5.74) is 4.62. The maximum absolute atomic E-state index is 13.9. The topological polar surface area (TPSA) is 17.1 Å². The van der Waals surface area contributed by atoms with Crippen molar-refractivity contribution in [2.45, 2.75) is 27.7 Å². The maximum Gasteiger partial charge on any atom is 0.147 e. The zero-order valence-electron chi connectivity index (χ0n) is 13.3. The molecule has 2 aromatic carbocycles. The fourth-order valence-corrected chi connectivity index (χ4v) is 5.87. The van der Waals surface area contributed by atoms with Gasteiger partial charge in [-0.1, -0.05) is 42.5 Å². The molecule has 0 aliphatic heterocycles. The Morgan fingerprint density at radius 1 is 0.905 bits per heavy atom. The first-order valence-electron chi connectivity index (χ1n) is 7.25. The zero-order valence-corrected chi connectivity index (χ0v) is 14.2. The molecule has 0 saturated carbocycles. The smallest absolute Gasteiger partial charge is 0.147 e. The van der Waals surface area contributed by atoms with E-state index in [1.54, 1.807) is 6.08 Å². The van der Waals surface area contributed by atoms with Gasteiger partial charge in [-0.15, -0.1) is 6.58 Å². The van der Waals surface area contributed by atoms with Crippen molar-refractivity contribution in [2.24, 2.45) is 0 Å². The highest BCUT2D eigenvalue weighted by Gasteiger charge is 2.29. The van der Waals surface area contributed by atoms with Crippen LogP contribution in [0.3, 0.4) is 0 Å². The number of hydrogen-bond acceptors (Lipinski definition) is 1. The van der Waals surface area contributed by atoms with Crippen molar-refractivity contribution in [3.05, 3.63) is 71.3 Å². The van der Waals surface area contributed by atoms with Gasteiger partial charge in [-0.05, 0) is 49.9 Å². The maximum atomic E-state index is 13.9. The monoisotopic (exact) mass is 298 g/mol. The lowest BCUT2D eigenvalue weighted by Crippen LogP contribution is -2.23. The van der Waals surface area contributed by atoms with Gasteiger partial charge in [-0.3, -0.25) is 0 Å². The minimum Gasteiger partial charge on any atom is -0.313 e. The molecule has 0 aliphatic carbocycles. The predicted octanol–water partition coefficient (Wildman–Crippen LogP) is 4.42. The van der Waals surface area contributed by atoms with E-state index < -0.39 is 7.14 Å². The summed E-state index contributed by atoms with van der Waals surface area (Å²) >= 11 is 0. The number of rotatable bonds is 4. The average Bonchev–Trinajstić information content (AvgIpc) is 2.45. The second-order valence-corrected chi connectivity index (χ2v) is 8.46. The second kappa shape index (κ2) is 6.03. The van der Waals surface area contributed by atoms with E-state index in [1.807, 2.05) is 24.3 Å². The minimum atomic E-state index is -2.67. The third-order valence-electron chi connectivity index (χ3n) is 4.32. The molecule has 0 atom stereocenters. The molecule has 2 heteroatoms. The normalized spacial score (nSPS) is 11.4. The molecule has 0 saturated heterocycles. The summed E-state index contributed by atoms with van der Waals surface area (Å²) in [6, 6.07) is 12.2. The molecule has 0 heterocycles. The first-order valence-corrected chi connectivity index (χ1v) is 9.14. The lowest BCUT2D eigenvalue weighted by molar-refractivity contribution is 0.588. The van der Waals surface area contributed by atoms with Crippen LogP contribution < -0.4 is 10.6 Å². The first-order chi connectivity index (χ1) is 9.91. The van der Waals surface area contributed by atoms with Crippen LogP contribution in [0.1, 0.15) is 22.3 Å². The number of allylic oxidation sites excluding steroid dienone is 1. The van der Waals surface area contributed by atoms with E-state index in [0.29, 0.717) is 6.16 Å². The van der Waals surface area contributed by atoms with Crippen molar-refractivity contribution in [1.29, 1.82) is 0 Å². The van der Waals surface area contributed by atoms with Gasteiger partial charge in [-0.2, -0.15) is 0 Å².